The molecule has 1 aliphatic rings. The lowest BCUT2D eigenvalue weighted by Gasteiger charge is -2.37. The molecule has 0 spiro atoms. The fraction of sp³-hybridized carbons (Fsp3) is 1.00. The number of hydrogen-bond donors (Lipinski definition) is 0. The van der Waals surface area contributed by atoms with E-state index >= 15 is 0 Å². The summed E-state index contributed by atoms with van der Waals surface area (Å²) in [6, 6.07) is 0. The number of hydrogen-bond acceptors (Lipinski definition) is 1. The van der Waals surface area contributed by atoms with Gasteiger partial charge in [0.1, 0.15) is 3.42 Å². The first-order valence-corrected chi connectivity index (χ1v) is 4.87. The molecule has 1 rings (SSSR count). The molecule has 5 heteroatoms. The molecule has 0 N–H and O–H groups in total. The Balaban J connectivity index is 2.62. The molecule has 0 bridgehead atoms. The van der Waals surface area contributed by atoms with Crippen LogP contribution in [-0.2, 0) is 0 Å². The predicted molar refractivity (Wildman–Crippen MR) is 49.5 cm³/mol. The third-order valence-electron chi connectivity index (χ3n) is 2.29. The Bertz CT molecular complexity index is 161. The maximum absolute atomic E-state index is 12.4. The van der Waals surface area contributed by atoms with Gasteiger partial charge in [0.15, 0.2) is 0 Å². The quantitative estimate of drug-likeness (QED) is 0.490. The van der Waals surface area contributed by atoms with E-state index in [4.69, 9.17) is 0 Å². The van der Waals surface area contributed by atoms with Crippen LogP contribution < -0.4 is 0 Å². The summed E-state index contributed by atoms with van der Waals surface area (Å²) >= 11 is 1.56. The van der Waals surface area contributed by atoms with E-state index in [9.17, 15) is 13.2 Å². The second kappa shape index (κ2) is 3.32. The van der Waals surface area contributed by atoms with Gasteiger partial charge in [-0.25, -0.2) is 0 Å². The standard InChI is InChI=1S/C7H11F3IN/c1-12-4-2-6(11,3-5-12)7(8,9)10/h2-5H2,1H3. The molecule has 0 radical (unpaired) electrons. The monoisotopic (exact) mass is 293 g/mol. The van der Waals surface area contributed by atoms with Crippen LogP contribution in [0.5, 0.6) is 0 Å². The summed E-state index contributed by atoms with van der Waals surface area (Å²) < 4.78 is 35.8. The van der Waals surface area contributed by atoms with Crippen molar-refractivity contribution in [3.05, 3.63) is 0 Å². The molecule has 12 heavy (non-hydrogen) atoms. The van der Waals surface area contributed by atoms with E-state index in [2.05, 4.69) is 0 Å². The molecular weight excluding hydrogens is 282 g/mol. The minimum atomic E-state index is -4.05. The van der Waals surface area contributed by atoms with Crippen molar-refractivity contribution in [3.8, 4) is 0 Å². The molecule has 0 unspecified atom stereocenters. The Kier molecular flexibility index (Phi) is 2.92. The van der Waals surface area contributed by atoms with Gasteiger partial charge in [0, 0.05) is 0 Å². The lowest BCUT2D eigenvalue weighted by atomic mass is 9.96. The van der Waals surface area contributed by atoms with Crippen molar-refractivity contribution in [3.63, 3.8) is 0 Å². The minimum absolute atomic E-state index is 0.216. The van der Waals surface area contributed by atoms with Crippen LogP contribution in [0.1, 0.15) is 12.8 Å². The fourth-order valence-electron chi connectivity index (χ4n) is 1.26. The van der Waals surface area contributed by atoms with Crippen molar-refractivity contribution in [2.45, 2.75) is 22.4 Å². The van der Waals surface area contributed by atoms with Crippen LogP contribution >= 0.6 is 22.6 Å². The van der Waals surface area contributed by atoms with E-state index in [0.717, 1.165) is 0 Å². The lowest BCUT2D eigenvalue weighted by molar-refractivity contribution is -0.162. The third-order valence-corrected chi connectivity index (χ3v) is 3.98. The van der Waals surface area contributed by atoms with Gasteiger partial charge in [-0.05, 0) is 33.0 Å². The molecule has 0 aromatic rings. The zero-order valence-corrected chi connectivity index (χ0v) is 8.94. The molecule has 1 nitrogen and oxygen atoms in total. The van der Waals surface area contributed by atoms with Crippen molar-refractivity contribution < 1.29 is 13.2 Å². The smallest absolute Gasteiger partial charge is 0.306 e. The minimum Gasteiger partial charge on any atom is -0.306 e. The molecule has 0 aromatic carbocycles. The van der Waals surface area contributed by atoms with Gasteiger partial charge in [0.2, 0.25) is 0 Å². The molecule has 1 saturated heterocycles. The molecule has 0 amide bonds. The van der Waals surface area contributed by atoms with Gasteiger partial charge in [-0.2, -0.15) is 13.2 Å². The summed E-state index contributed by atoms with van der Waals surface area (Å²) in [5.74, 6) is 0. The number of likely N-dealkylation sites (tertiary alicyclic amines) is 1. The Hall–Kier alpha value is 0.480. The van der Waals surface area contributed by atoms with E-state index in [1.165, 1.54) is 0 Å². The topological polar surface area (TPSA) is 3.24 Å². The summed E-state index contributed by atoms with van der Waals surface area (Å²) in [7, 11) is 1.85. The Morgan fingerprint density at radius 3 is 2.00 bits per heavy atom. The highest BCUT2D eigenvalue weighted by Crippen LogP contribution is 2.45. The van der Waals surface area contributed by atoms with E-state index < -0.39 is 9.60 Å². The van der Waals surface area contributed by atoms with Crippen LogP contribution in [0.4, 0.5) is 13.2 Å². The normalized spacial score (nSPS) is 25.8. The summed E-state index contributed by atoms with van der Waals surface area (Å²) in [5.41, 5.74) is 0. The molecule has 0 atom stereocenters. The highest BCUT2D eigenvalue weighted by molar-refractivity contribution is 14.1. The van der Waals surface area contributed by atoms with Gasteiger partial charge in [0.05, 0.1) is 0 Å². The van der Waals surface area contributed by atoms with Crippen molar-refractivity contribution in [2.75, 3.05) is 20.1 Å². The molecule has 1 fully saturated rings. The summed E-state index contributed by atoms with van der Waals surface area (Å²) in [4.78, 5) is 1.93. The van der Waals surface area contributed by atoms with Gasteiger partial charge >= 0.3 is 6.18 Å². The van der Waals surface area contributed by atoms with Crippen LogP contribution in [0.2, 0.25) is 0 Å². The number of nitrogens with zero attached hydrogens (tertiary/aromatic N) is 1. The van der Waals surface area contributed by atoms with Crippen molar-refractivity contribution in [1.82, 2.24) is 4.90 Å². The highest BCUT2D eigenvalue weighted by atomic mass is 127. The first-order chi connectivity index (χ1) is 5.35. The van der Waals surface area contributed by atoms with Gasteiger partial charge in [-0.3, -0.25) is 0 Å². The summed E-state index contributed by atoms with van der Waals surface area (Å²) in [5, 5.41) is 0. The highest BCUT2D eigenvalue weighted by Gasteiger charge is 2.53. The van der Waals surface area contributed by atoms with Gasteiger partial charge < -0.3 is 4.90 Å². The van der Waals surface area contributed by atoms with Crippen LogP contribution in [0.3, 0.4) is 0 Å². The van der Waals surface area contributed by atoms with Crippen LogP contribution in [0.15, 0.2) is 0 Å². The van der Waals surface area contributed by atoms with Gasteiger partial charge in [-0.15, -0.1) is 0 Å². The Morgan fingerprint density at radius 2 is 1.67 bits per heavy atom. The molecule has 1 heterocycles. The molecular formula is C7H11F3IN. The SMILES string of the molecule is CN1CCC(I)(C(F)(F)F)CC1. The van der Waals surface area contributed by atoms with Crippen LogP contribution in [0.25, 0.3) is 0 Å². The van der Waals surface area contributed by atoms with Crippen molar-refractivity contribution in [1.29, 1.82) is 0 Å². The molecule has 72 valence electrons. The molecule has 0 aliphatic carbocycles. The molecule has 0 aromatic heterocycles. The number of alkyl halides is 4. The lowest BCUT2D eigenvalue weighted by Crippen LogP contribution is -2.47. The zero-order valence-electron chi connectivity index (χ0n) is 6.79. The van der Waals surface area contributed by atoms with E-state index in [0.29, 0.717) is 13.1 Å². The van der Waals surface area contributed by atoms with Gasteiger partial charge in [0.25, 0.3) is 0 Å². The molecule has 1 aliphatic heterocycles. The second-order valence-electron chi connectivity index (χ2n) is 3.27. The van der Waals surface area contributed by atoms with Crippen LogP contribution in [0, 0.1) is 0 Å². The largest absolute Gasteiger partial charge is 0.403 e. The van der Waals surface area contributed by atoms with E-state index in [1.54, 1.807) is 22.6 Å². The van der Waals surface area contributed by atoms with E-state index in [1.807, 2.05) is 11.9 Å². The Labute approximate surface area is 83.4 Å². The fourth-order valence-corrected chi connectivity index (χ4v) is 1.74. The van der Waals surface area contributed by atoms with E-state index in [-0.39, 0.29) is 12.8 Å². The average Bonchev–Trinajstić information content (AvgIpc) is 1.93. The Morgan fingerprint density at radius 1 is 1.25 bits per heavy atom. The maximum atomic E-state index is 12.4. The summed E-state index contributed by atoms with van der Waals surface area (Å²) in [6.45, 7) is 1.09. The summed E-state index contributed by atoms with van der Waals surface area (Å²) in [6.07, 6.45) is -3.62. The predicted octanol–water partition coefficient (Wildman–Crippen LogP) is 2.45. The van der Waals surface area contributed by atoms with Gasteiger partial charge in [-0.1, -0.05) is 22.6 Å². The van der Waals surface area contributed by atoms with Crippen LogP contribution in [-0.4, -0.2) is 34.6 Å². The zero-order chi connectivity index (χ0) is 9.41. The van der Waals surface area contributed by atoms with Crippen molar-refractivity contribution >= 4 is 22.6 Å². The first kappa shape index (κ1) is 10.6. The second-order valence-corrected chi connectivity index (χ2v) is 5.33. The van der Waals surface area contributed by atoms with Crippen molar-refractivity contribution in [2.24, 2.45) is 0 Å². The number of piperidine rings is 1. The average molecular weight is 293 g/mol. The first-order valence-electron chi connectivity index (χ1n) is 3.79. The number of rotatable bonds is 0. The molecule has 0 saturated carbocycles. The maximum Gasteiger partial charge on any atom is 0.403 e. The third kappa shape index (κ3) is 2.04. The number of halogens is 4.